The van der Waals surface area contributed by atoms with Crippen molar-refractivity contribution in [3.05, 3.63) is 28.8 Å². The molecule has 1 aromatic carbocycles. The van der Waals surface area contributed by atoms with Crippen molar-refractivity contribution in [2.75, 3.05) is 36.9 Å². The Hall–Kier alpha value is -2.54. The van der Waals surface area contributed by atoms with Crippen LogP contribution >= 0.6 is 0 Å². The van der Waals surface area contributed by atoms with Crippen LogP contribution in [0.5, 0.6) is 0 Å². The first-order chi connectivity index (χ1) is 18.8. The van der Waals surface area contributed by atoms with Gasteiger partial charge in [-0.3, -0.25) is 14.7 Å². The van der Waals surface area contributed by atoms with Gasteiger partial charge in [-0.25, -0.2) is 17.5 Å². The fraction of sp³-hybridized carbons (Fsp3) is 0.679. The van der Waals surface area contributed by atoms with E-state index in [0.717, 1.165) is 48.2 Å². The van der Waals surface area contributed by atoms with Gasteiger partial charge in [0.25, 0.3) is 5.91 Å². The van der Waals surface area contributed by atoms with Crippen molar-refractivity contribution in [1.29, 1.82) is 0 Å². The molecule has 1 aliphatic carbocycles. The third-order valence-electron chi connectivity index (χ3n) is 8.82. The number of carbonyl (C=O) groups excluding carboxylic acids is 2. The van der Waals surface area contributed by atoms with Crippen molar-refractivity contribution < 1.29 is 28.2 Å². The average molecular weight is 578 g/mol. The average Bonchev–Trinajstić information content (AvgIpc) is 3.21. The van der Waals surface area contributed by atoms with E-state index in [4.69, 9.17) is 15.8 Å². The van der Waals surface area contributed by atoms with Gasteiger partial charge >= 0.3 is 6.03 Å². The normalized spacial score (nSPS) is 24.0. The number of hydrogen-bond acceptors (Lipinski definition) is 7. The second-order valence-electron chi connectivity index (χ2n) is 11.7. The monoisotopic (exact) mass is 577 g/mol. The number of aliphatic hydroxyl groups excluding tert-OH is 2. The van der Waals surface area contributed by atoms with Crippen molar-refractivity contribution in [3.63, 3.8) is 0 Å². The highest BCUT2D eigenvalue weighted by molar-refractivity contribution is 7.89. The van der Waals surface area contributed by atoms with Crippen LogP contribution in [0.1, 0.15) is 62.1 Å². The van der Waals surface area contributed by atoms with Crippen molar-refractivity contribution in [2.24, 2.45) is 22.6 Å². The number of nitrogens with two attached hydrogens (primary N) is 1. The van der Waals surface area contributed by atoms with Crippen LogP contribution in [0, 0.1) is 25.7 Å². The molecule has 4 rings (SSSR count). The zero-order chi connectivity index (χ0) is 29.2. The molecule has 5 N–H and O–H groups in total. The van der Waals surface area contributed by atoms with Crippen LogP contribution in [0.25, 0.3) is 0 Å². The number of amidine groups is 1. The quantitative estimate of drug-likeness (QED) is 0.348. The van der Waals surface area contributed by atoms with Crippen molar-refractivity contribution in [1.82, 2.24) is 9.62 Å². The molecule has 2 heterocycles. The van der Waals surface area contributed by atoms with E-state index in [1.165, 1.54) is 9.21 Å². The van der Waals surface area contributed by atoms with E-state index >= 15 is 0 Å². The van der Waals surface area contributed by atoms with E-state index in [1.807, 2.05) is 13.8 Å². The minimum Gasteiger partial charge on any atom is -0.394 e. The zero-order valence-corrected chi connectivity index (χ0v) is 24.5. The second kappa shape index (κ2) is 12.1. The number of rotatable bonds is 9. The Labute approximate surface area is 236 Å². The van der Waals surface area contributed by atoms with Gasteiger partial charge in [-0.2, -0.15) is 0 Å². The third-order valence-corrected chi connectivity index (χ3v) is 10.7. The number of nitrogens with one attached hydrogen (secondary N) is 1. The van der Waals surface area contributed by atoms with E-state index in [9.17, 15) is 23.1 Å². The Morgan fingerprint density at radius 2 is 1.80 bits per heavy atom. The molecule has 3 aliphatic rings. The van der Waals surface area contributed by atoms with Crippen LogP contribution < -0.4 is 16.0 Å². The molecule has 2 fully saturated rings. The lowest BCUT2D eigenvalue weighted by molar-refractivity contribution is -0.125. The first-order valence-corrected chi connectivity index (χ1v) is 15.8. The summed E-state index contributed by atoms with van der Waals surface area (Å²) in [7, 11) is -3.57. The highest BCUT2D eigenvalue weighted by Crippen LogP contribution is 2.36. The molecule has 3 amide bonds. The molecule has 1 saturated heterocycles. The largest absolute Gasteiger partial charge is 0.394 e. The van der Waals surface area contributed by atoms with Crippen LogP contribution in [0.4, 0.5) is 10.5 Å². The number of aryl methyl sites for hydroxylation is 2. The predicted molar refractivity (Wildman–Crippen MR) is 154 cm³/mol. The minimum absolute atomic E-state index is 0.0786. The predicted octanol–water partition coefficient (Wildman–Crippen LogP) is 1.60. The van der Waals surface area contributed by atoms with Gasteiger partial charge in [-0.1, -0.05) is 19.8 Å². The summed E-state index contributed by atoms with van der Waals surface area (Å²) in [5.74, 6) is 1.61. The van der Waals surface area contributed by atoms with Crippen LogP contribution in [0.3, 0.4) is 0 Å². The number of carbonyl (C=O) groups is 2. The van der Waals surface area contributed by atoms with Crippen LogP contribution in [0.15, 0.2) is 17.1 Å². The number of primary amides is 1. The maximum Gasteiger partial charge on any atom is 0.319 e. The Balaban J connectivity index is 1.39. The summed E-state index contributed by atoms with van der Waals surface area (Å²) in [5, 5.41) is 22.0. The van der Waals surface area contributed by atoms with Crippen molar-refractivity contribution >= 4 is 33.5 Å². The van der Waals surface area contributed by atoms with E-state index in [2.05, 4.69) is 12.2 Å². The molecule has 40 heavy (non-hydrogen) atoms. The molecule has 12 heteroatoms. The Kier molecular flexibility index (Phi) is 9.23. The molecule has 1 atom stereocenters. The molecule has 0 radical (unpaired) electrons. The first-order valence-electron chi connectivity index (χ1n) is 14.2. The highest BCUT2D eigenvalue weighted by Gasteiger charge is 2.48. The number of anilines is 1. The maximum atomic E-state index is 13.3. The van der Waals surface area contributed by atoms with Crippen LogP contribution in [0.2, 0.25) is 0 Å². The fourth-order valence-corrected chi connectivity index (χ4v) is 7.67. The summed E-state index contributed by atoms with van der Waals surface area (Å²) >= 11 is 0. The van der Waals surface area contributed by atoms with Gasteiger partial charge in [0.1, 0.15) is 11.4 Å². The molecule has 0 aromatic heterocycles. The molecule has 0 bridgehead atoms. The molecule has 1 spiro atoms. The maximum absolute atomic E-state index is 13.3. The number of amides is 3. The molecular formula is C28H43N5O6S. The number of sulfonamides is 1. The van der Waals surface area contributed by atoms with Gasteiger partial charge in [0.2, 0.25) is 10.0 Å². The summed E-state index contributed by atoms with van der Waals surface area (Å²) in [6.45, 7) is 5.78. The third kappa shape index (κ3) is 6.50. The number of urea groups is 1. The highest BCUT2D eigenvalue weighted by atomic mass is 32.2. The van der Waals surface area contributed by atoms with E-state index in [0.29, 0.717) is 30.9 Å². The van der Waals surface area contributed by atoms with Gasteiger partial charge in [-0.05, 0) is 80.7 Å². The van der Waals surface area contributed by atoms with Gasteiger partial charge in [-0.15, -0.1) is 0 Å². The van der Waals surface area contributed by atoms with Crippen LogP contribution in [-0.4, -0.2) is 84.3 Å². The van der Waals surface area contributed by atoms with Crippen molar-refractivity contribution in [2.45, 2.75) is 77.4 Å². The molecule has 2 aliphatic heterocycles. The van der Waals surface area contributed by atoms with Gasteiger partial charge in [0.05, 0.1) is 25.0 Å². The van der Waals surface area contributed by atoms with E-state index < -0.39 is 34.3 Å². The Morgan fingerprint density at radius 1 is 1.20 bits per heavy atom. The smallest absolute Gasteiger partial charge is 0.319 e. The Bertz CT molecular complexity index is 1230. The SMILES string of the molecule is Cc1cc(N(C[C@H](O)CO)C(N)=O)cc(C)c1CCS(=O)(=O)N1CCC2(CC1)N=C(C1CCC(C)CC1)NC2=O. The summed E-state index contributed by atoms with van der Waals surface area (Å²) in [4.78, 5) is 31.0. The summed E-state index contributed by atoms with van der Waals surface area (Å²) in [6.07, 6.45) is 4.24. The standard InChI is InChI=1S/C28H43N5O6S/c1-18-4-6-21(7-5-18)25-30-26(36)28(31-25)9-11-32(12-10-28)40(38,39)13-8-24-19(2)14-22(15-20(24)3)33(27(29)37)16-23(35)17-34/h14-15,18,21,23,34-35H,4-13,16-17H2,1-3H3,(H2,29,37)(H,30,31,36)/t18?,21?,23-/m0/s1. The summed E-state index contributed by atoms with van der Waals surface area (Å²) in [5.41, 5.74) is 7.56. The van der Waals surface area contributed by atoms with Crippen molar-refractivity contribution in [3.8, 4) is 0 Å². The van der Waals surface area contributed by atoms with Crippen LogP contribution in [-0.2, 0) is 21.2 Å². The number of nitrogens with zero attached hydrogens (tertiary/aromatic N) is 3. The lowest BCUT2D eigenvalue weighted by Gasteiger charge is -2.35. The zero-order valence-electron chi connectivity index (χ0n) is 23.7. The molecule has 1 saturated carbocycles. The number of aliphatic hydroxyl groups is 2. The molecular weight excluding hydrogens is 534 g/mol. The summed E-state index contributed by atoms with van der Waals surface area (Å²) < 4.78 is 28.1. The number of aliphatic imine (C=N–C) groups is 1. The molecule has 1 aromatic rings. The molecule has 0 unspecified atom stereocenters. The lowest BCUT2D eigenvalue weighted by atomic mass is 9.82. The number of piperidine rings is 1. The first kappa shape index (κ1) is 30.4. The van der Waals surface area contributed by atoms with Gasteiger partial charge in [0, 0.05) is 24.7 Å². The minimum atomic E-state index is -3.57. The number of benzene rings is 1. The summed E-state index contributed by atoms with van der Waals surface area (Å²) in [6, 6.07) is 2.70. The van der Waals surface area contributed by atoms with Gasteiger partial charge in [0.15, 0.2) is 0 Å². The topological polar surface area (TPSA) is 166 Å². The second-order valence-corrected chi connectivity index (χ2v) is 13.8. The fourth-order valence-electron chi connectivity index (χ4n) is 6.21. The lowest BCUT2D eigenvalue weighted by Crippen LogP contribution is -2.51. The Morgan fingerprint density at radius 3 is 2.35 bits per heavy atom. The number of hydrogen-bond donors (Lipinski definition) is 4. The molecule has 11 nitrogen and oxygen atoms in total. The van der Waals surface area contributed by atoms with Gasteiger partial charge < -0.3 is 21.3 Å². The van der Waals surface area contributed by atoms with E-state index in [1.54, 1.807) is 12.1 Å². The molecule has 222 valence electrons. The van der Waals surface area contributed by atoms with E-state index in [-0.39, 0.29) is 37.2 Å².